The first-order valence-corrected chi connectivity index (χ1v) is 6.05. The Morgan fingerprint density at radius 3 is 3.00 bits per heavy atom. The predicted octanol–water partition coefficient (Wildman–Crippen LogP) is 1.15. The van der Waals surface area contributed by atoms with Crippen molar-refractivity contribution in [1.82, 2.24) is 10.6 Å². The molecule has 1 unspecified atom stereocenters. The zero-order chi connectivity index (χ0) is 12.1. The van der Waals surface area contributed by atoms with Gasteiger partial charge >= 0.3 is 0 Å². The van der Waals surface area contributed by atoms with Crippen LogP contribution in [0.4, 0.5) is 0 Å². The molecule has 1 amide bonds. The molecule has 0 aliphatic carbocycles. The third-order valence-corrected chi connectivity index (χ3v) is 3.07. The molecular formula is C13H18N2O2. The van der Waals surface area contributed by atoms with Crippen LogP contribution in [-0.4, -0.2) is 23.6 Å². The second-order valence-corrected chi connectivity index (χ2v) is 4.35. The second-order valence-electron chi connectivity index (χ2n) is 4.35. The second kappa shape index (κ2) is 5.68. The molecule has 92 valence electrons. The molecule has 1 aromatic rings. The van der Waals surface area contributed by atoms with E-state index < -0.39 is 0 Å². The summed E-state index contributed by atoms with van der Waals surface area (Å²) < 4.78 is 0. The first kappa shape index (κ1) is 11.9. The molecule has 0 saturated carbocycles. The first-order valence-electron chi connectivity index (χ1n) is 6.05. The van der Waals surface area contributed by atoms with Crippen LogP contribution in [0.15, 0.2) is 24.3 Å². The van der Waals surface area contributed by atoms with E-state index in [1.807, 2.05) is 12.1 Å². The fourth-order valence-corrected chi connectivity index (χ4v) is 2.03. The normalized spacial score (nSPS) is 20.7. The van der Waals surface area contributed by atoms with E-state index in [0.717, 1.165) is 31.4 Å². The Balaban J connectivity index is 1.93. The van der Waals surface area contributed by atoms with E-state index in [9.17, 15) is 9.90 Å². The third kappa shape index (κ3) is 3.20. The maximum Gasteiger partial charge on any atom is 0.237 e. The number of amides is 1. The number of nitrogens with one attached hydrogen (secondary N) is 2. The highest BCUT2D eigenvalue weighted by molar-refractivity contribution is 5.81. The van der Waals surface area contributed by atoms with Crippen molar-refractivity contribution in [3.8, 4) is 5.75 Å². The number of phenols is 1. The lowest BCUT2D eigenvalue weighted by Crippen LogP contribution is -2.42. The summed E-state index contributed by atoms with van der Waals surface area (Å²) in [6.07, 6.45) is 2.96. The van der Waals surface area contributed by atoms with Crippen LogP contribution in [0.1, 0.15) is 24.8 Å². The number of benzene rings is 1. The van der Waals surface area contributed by atoms with Crippen molar-refractivity contribution in [2.75, 3.05) is 6.54 Å². The van der Waals surface area contributed by atoms with Gasteiger partial charge in [-0.1, -0.05) is 18.2 Å². The van der Waals surface area contributed by atoms with Crippen LogP contribution in [0.5, 0.6) is 5.75 Å². The molecule has 3 N–H and O–H groups in total. The van der Waals surface area contributed by atoms with E-state index >= 15 is 0 Å². The van der Waals surface area contributed by atoms with Gasteiger partial charge in [-0.2, -0.15) is 0 Å². The smallest absolute Gasteiger partial charge is 0.237 e. The molecule has 4 heteroatoms. The van der Waals surface area contributed by atoms with Gasteiger partial charge in [0.2, 0.25) is 5.91 Å². The Bertz CT molecular complexity index is 393. The van der Waals surface area contributed by atoms with Crippen molar-refractivity contribution < 1.29 is 9.90 Å². The number of aromatic hydroxyl groups is 1. The van der Waals surface area contributed by atoms with Crippen LogP contribution in [0.3, 0.4) is 0 Å². The minimum Gasteiger partial charge on any atom is -0.508 e. The number of carbonyl (C=O) groups excluding carboxylic acids is 1. The highest BCUT2D eigenvalue weighted by Crippen LogP contribution is 2.15. The summed E-state index contributed by atoms with van der Waals surface area (Å²) in [7, 11) is 0. The largest absolute Gasteiger partial charge is 0.508 e. The quantitative estimate of drug-likeness (QED) is 0.735. The lowest BCUT2D eigenvalue weighted by molar-refractivity contribution is -0.122. The summed E-state index contributed by atoms with van der Waals surface area (Å²) in [5, 5.41) is 15.7. The molecule has 4 nitrogen and oxygen atoms in total. The summed E-state index contributed by atoms with van der Waals surface area (Å²) >= 11 is 0. The minimum atomic E-state index is -0.142. The van der Waals surface area contributed by atoms with Crippen molar-refractivity contribution >= 4 is 5.91 Å². The summed E-state index contributed by atoms with van der Waals surface area (Å²) in [5.41, 5.74) is 0.824. The summed E-state index contributed by atoms with van der Waals surface area (Å²) in [6, 6.07) is 7.04. The average Bonchev–Trinajstić information content (AvgIpc) is 2.53. The van der Waals surface area contributed by atoms with Gasteiger partial charge in [0.25, 0.3) is 0 Å². The fourth-order valence-electron chi connectivity index (χ4n) is 2.03. The highest BCUT2D eigenvalue weighted by atomic mass is 16.3. The van der Waals surface area contributed by atoms with E-state index in [4.69, 9.17) is 0 Å². The molecule has 1 atom stereocenters. The lowest BCUT2D eigenvalue weighted by Gasteiger charge is -2.15. The Labute approximate surface area is 101 Å². The third-order valence-electron chi connectivity index (χ3n) is 3.07. The maximum absolute atomic E-state index is 11.7. The van der Waals surface area contributed by atoms with Crippen LogP contribution in [0.25, 0.3) is 0 Å². The first-order chi connectivity index (χ1) is 8.27. The Hall–Kier alpha value is -1.55. The Morgan fingerprint density at radius 1 is 1.35 bits per heavy atom. The number of hydrogen-bond donors (Lipinski definition) is 3. The molecule has 17 heavy (non-hydrogen) atoms. The number of hydrogen-bond acceptors (Lipinski definition) is 3. The molecule has 2 rings (SSSR count). The van der Waals surface area contributed by atoms with Gasteiger partial charge in [-0.05, 0) is 25.3 Å². The van der Waals surface area contributed by atoms with E-state index in [1.165, 1.54) is 0 Å². The molecule has 1 aliphatic rings. The van der Waals surface area contributed by atoms with Gasteiger partial charge in [-0.15, -0.1) is 0 Å². The number of carbonyl (C=O) groups is 1. The van der Waals surface area contributed by atoms with Crippen molar-refractivity contribution in [3.05, 3.63) is 29.8 Å². The van der Waals surface area contributed by atoms with Crippen LogP contribution in [-0.2, 0) is 11.3 Å². The van der Waals surface area contributed by atoms with E-state index in [1.54, 1.807) is 12.1 Å². The van der Waals surface area contributed by atoms with E-state index in [0.29, 0.717) is 6.54 Å². The van der Waals surface area contributed by atoms with Crippen LogP contribution >= 0.6 is 0 Å². The van der Waals surface area contributed by atoms with Gasteiger partial charge in [-0.3, -0.25) is 4.79 Å². The van der Waals surface area contributed by atoms with Gasteiger partial charge in [0.1, 0.15) is 5.75 Å². The summed E-state index contributed by atoms with van der Waals surface area (Å²) in [5.74, 6) is 0.340. The van der Waals surface area contributed by atoms with Crippen molar-refractivity contribution in [2.24, 2.45) is 0 Å². The van der Waals surface area contributed by atoms with Crippen molar-refractivity contribution in [1.29, 1.82) is 0 Å². The molecule has 1 fully saturated rings. The molecule has 1 aliphatic heterocycles. The molecular weight excluding hydrogens is 216 g/mol. The minimum absolute atomic E-state index is 0.0675. The summed E-state index contributed by atoms with van der Waals surface area (Å²) in [4.78, 5) is 11.7. The maximum atomic E-state index is 11.7. The highest BCUT2D eigenvalue weighted by Gasteiger charge is 2.19. The number of para-hydroxylation sites is 1. The summed E-state index contributed by atoms with van der Waals surface area (Å²) in [6.45, 7) is 1.29. The molecule has 0 aromatic heterocycles. The molecule has 0 bridgehead atoms. The Kier molecular flexibility index (Phi) is 3.98. The SMILES string of the molecule is O=C1NCCCCC1NCc1ccccc1O. The topological polar surface area (TPSA) is 61.4 Å². The van der Waals surface area contributed by atoms with Gasteiger partial charge < -0.3 is 15.7 Å². The molecule has 1 aromatic carbocycles. The number of rotatable bonds is 3. The van der Waals surface area contributed by atoms with E-state index in [2.05, 4.69) is 10.6 Å². The fraction of sp³-hybridized carbons (Fsp3) is 0.462. The standard InChI is InChI=1S/C13H18N2O2/c16-12-7-2-1-5-10(12)9-15-11-6-3-4-8-14-13(11)17/h1-2,5,7,11,15-16H,3-4,6,8-9H2,(H,14,17). The zero-order valence-electron chi connectivity index (χ0n) is 9.78. The van der Waals surface area contributed by atoms with Gasteiger partial charge in [0, 0.05) is 18.7 Å². The molecule has 1 heterocycles. The Morgan fingerprint density at radius 2 is 2.18 bits per heavy atom. The van der Waals surface area contributed by atoms with Crippen molar-refractivity contribution in [2.45, 2.75) is 31.8 Å². The zero-order valence-corrected chi connectivity index (χ0v) is 9.78. The van der Waals surface area contributed by atoms with Crippen molar-refractivity contribution in [3.63, 3.8) is 0 Å². The predicted molar refractivity (Wildman–Crippen MR) is 65.6 cm³/mol. The lowest BCUT2D eigenvalue weighted by atomic mass is 10.1. The average molecular weight is 234 g/mol. The monoisotopic (exact) mass is 234 g/mol. The van der Waals surface area contributed by atoms with Gasteiger partial charge in [-0.25, -0.2) is 0 Å². The molecule has 1 saturated heterocycles. The van der Waals surface area contributed by atoms with Crippen LogP contribution < -0.4 is 10.6 Å². The van der Waals surface area contributed by atoms with Gasteiger partial charge in [0.15, 0.2) is 0 Å². The number of phenolic OH excluding ortho intramolecular Hbond substituents is 1. The van der Waals surface area contributed by atoms with Crippen LogP contribution in [0.2, 0.25) is 0 Å². The van der Waals surface area contributed by atoms with Gasteiger partial charge in [0.05, 0.1) is 6.04 Å². The molecule has 0 radical (unpaired) electrons. The van der Waals surface area contributed by atoms with Crippen LogP contribution in [0, 0.1) is 0 Å². The molecule has 0 spiro atoms. The van der Waals surface area contributed by atoms with E-state index in [-0.39, 0.29) is 17.7 Å².